The van der Waals surface area contributed by atoms with Crippen molar-refractivity contribution in [2.75, 3.05) is 6.38 Å². The van der Waals surface area contributed by atoms with Crippen LogP contribution in [0.5, 0.6) is 0 Å². The number of benzene rings is 1. The summed E-state index contributed by atoms with van der Waals surface area (Å²) in [4.78, 5) is 0. The summed E-state index contributed by atoms with van der Waals surface area (Å²) >= 11 is 4.64. The van der Waals surface area contributed by atoms with Crippen LogP contribution in [0.1, 0.15) is 39.2 Å². The second-order valence-corrected chi connectivity index (χ2v) is 2.57. The van der Waals surface area contributed by atoms with Crippen LogP contribution in [0.3, 0.4) is 0 Å². The zero-order chi connectivity index (χ0) is 10.7. The highest BCUT2D eigenvalue weighted by Crippen LogP contribution is 2.11. The molecule has 0 saturated heterocycles. The Morgan fingerprint density at radius 3 is 1.54 bits per heavy atom. The lowest BCUT2D eigenvalue weighted by molar-refractivity contribution is 0.867. The average Bonchev–Trinajstić information content (AvgIpc) is 2.25. The van der Waals surface area contributed by atoms with E-state index in [0.717, 1.165) is 0 Å². The summed E-state index contributed by atoms with van der Waals surface area (Å²) in [6.45, 7) is 8.41. The number of alkyl halides is 1. The van der Waals surface area contributed by atoms with Crippen molar-refractivity contribution in [2.24, 2.45) is 0 Å². The SMILES string of the molecule is CC.CC(C)c1ccccc1.CCl. The van der Waals surface area contributed by atoms with Gasteiger partial charge in [-0.3, -0.25) is 0 Å². The van der Waals surface area contributed by atoms with Gasteiger partial charge in [0.05, 0.1) is 0 Å². The highest BCUT2D eigenvalue weighted by Gasteiger charge is 1.93. The molecule has 0 spiro atoms. The molecule has 0 radical (unpaired) electrons. The third kappa shape index (κ3) is 7.86. The van der Waals surface area contributed by atoms with E-state index in [1.807, 2.05) is 19.9 Å². The number of rotatable bonds is 1. The molecule has 0 aliphatic carbocycles. The molecule has 1 aromatic carbocycles. The van der Waals surface area contributed by atoms with Crippen molar-refractivity contribution in [1.82, 2.24) is 0 Å². The third-order valence-electron chi connectivity index (χ3n) is 1.47. The maximum Gasteiger partial charge on any atom is 0.0108 e. The lowest BCUT2D eigenvalue weighted by Crippen LogP contribution is -1.83. The third-order valence-corrected chi connectivity index (χ3v) is 1.47. The molecule has 1 heteroatoms. The highest BCUT2D eigenvalue weighted by atomic mass is 35.5. The molecule has 0 aliphatic heterocycles. The van der Waals surface area contributed by atoms with Gasteiger partial charge in [0.25, 0.3) is 0 Å². The van der Waals surface area contributed by atoms with Gasteiger partial charge in [-0.05, 0) is 11.5 Å². The van der Waals surface area contributed by atoms with Gasteiger partial charge in [-0.15, -0.1) is 11.6 Å². The van der Waals surface area contributed by atoms with E-state index in [0.29, 0.717) is 5.92 Å². The Balaban J connectivity index is 0. The minimum atomic E-state index is 0.659. The van der Waals surface area contributed by atoms with Gasteiger partial charge in [-0.1, -0.05) is 58.0 Å². The molecule has 0 aromatic heterocycles. The van der Waals surface area contributed by atoms with Crippen LogP contribution >= 0.6 is 11.6 Å². The maximum absolute atomic E-state index is 4.64. The molecule has 0 unspecified atom stereocenters. The first-order valence-corrected chi connectivity index (χ1v) is 5.49. The molecule has 1 rings (SSSR count). The van der Waals surface area contributed by atoms with Crippen molar-refractivity contribution in [3.63, 3.8) is 0 Å². The summed E-state index contributed by atoms with van der Waals surface area (Å²) < 4.78 is 0. The molecule has 0 bridgehead atoms. The summed E-state index contributed by atoms with van der Waals surface area (Å²) in [5.41, 5.74) is 1.41. The summed E-state index contributed by atoms with van der Waals surface area (Å²) in [7, 11) is 0. The predicted octanol–water partition coefficient (Wildman–Crippen LogP) is 4.69. The molecule has 0 heterocycles. The fraction of sp³-hybridized carbons (Fsp3) is 0.500. The smallest absolute Gasteiger partial charge is 0.0108 e. The highest BCUT2D eigenvalue weighted by molar-refractivity contribution is 6.15. The molecule has 0 nitrogen and oxygen atoms in total. The minimum Gasteiger partial charge on any atom is -0.130 e. The zero-order valence-electron chi connectivity index (χ0n) is 9.34. The minimum absolute atomic E-state index is 0.659. The van der Waals surface area contributed by atoms with Gasteiger partial charge in [0.1, 0.15) is 0 Å². The van der Waals surface area contributed by atoms with Crippen LogP contribution in [-0.2, 0) is 0 Å². The van der Waals surface area contributed by atoms with Crippen LogP contribution in [-0.4, -0.2) is 6.38 Å². The van der Waals surface area contributed by atoms with E-state index in [2.05, 4.69) is 49.7 Å². The standard InChI is InChI=1S/C9H12.C2H6.CH3Cl/c1-8(2)9-6-4-3-5-7-9;2*1-2/h3-8H,1-2H3;1-2H3;1H3. The first-order chi connectivity index (χ1) is 6.30. The van der Waals surface area contributed by atoms with Gasteiger partial charge < -0.3 is 0 Å². The van der Waals surface area contributed by atoms with Crippen LogP contribution < -0.4 is 0 Å². The van der Waals surface area contributed by atoms with Crippen molar-refractivity contribution in [3.8, 4) is 0 Å². The van der Waals surface area contributed by atoms with Crippen molar-refractivity contribution in [3.05, 3.63) is 35.9 Å². The molecule has 0 saturated carbocycles. The van der Waals surface area contributed by atoms with Crippen molar-refractivity contribution < 1.29 is 0 Å². The van der Waals surface area contributed by atoms with E-state index in [1.54, 1.807) is 0 Å². The molecule has 0 aliphatic rings. The molecule has 0 N–H and O–H groups in total. The number of hydrogen-bond acceptors (Lipinski definition) is 0. The molecule has 0 fully saturated rings. The maximum atomic E-state index is 4.64. The molecule has 0 atom stereocenters. The van der Waals surface area contributed by atoms with Crippen LogP contribution in [0.4, 0.5) is 0 Å². The summed E-state index contributed by atoms with van der Waals surface area (Å²) in [5, 5.41) is 0. The van der Waals surface area contributed by atoms with Gasteiger partial charge in [0, 0.05) is 6.38 Å². The Bertz CT molecular complexity index is 168. The van der Waals surface area contributed by atoms with Crippen LogP contribution in [0.15, 0.2) is 30.3 Å². The van der Waals surface area contributed by atoms with Crippen molar-refractivity contribution in [2.45, 2.75) is 33.6 Å². The van der Waals surface area contributed by atoms with Gasteiger partial charge in [0.2, 0.25) is 0 Å². The fourth-order valence-corrected chi connectivity index (χ4v) is 0.838. The summed E-state index contributed by atoms with van der Waals surface area (Å²) in [6, 6.07) is 10.5. The van der Waals surface area contributed by atoms with E-state index in [-0.39, 0.29) is 0 Å². The Morgan fingerprint density at radius 1 is 0.923 bits per heavy atom. The van der Waals surface area contributed by atoms with Crippen molar-refractivity contribution >= 4 is 11.6 Å². The molecular formula is C12H21Cl. The monoisotopic (exact) mass is 200 g/mol. The van der Waals surface area contributed by atoms with Gasteiger partial charge in [0.15, 0.2) is 0 Å². The first kappa shape index (κ1) is 15.0. The Morgan fingerprint density at radius 2 is 1.31 bits per heavy atom. The zero-order valence-corrected chi connectivity index (χ0v) is 10.1. The number of halogens is 1. The molecule has 0 amide bonds. The first-order valence-electron chi connectivity index (χ1n) is 4.73. The van der Waals surface area contributed by atoms with Gasteiger partial charge in [-0.25, -0.2) is 0 Å². The molecular weight excluding hydrogens is 180 g/mol. The summed E-state index contributed by atoms with van der Waals surface area (Å²) in [5.74, 6) is 0.659. The quantitative estimate of drug-likeness (QED) is 0.577. The molecule has 13 heavy (non-hydrogen) atoms. The van der Waals surface area contributed by atoms with Crippen LogP contribution in [0.2, 0.25) is 0 Å². The number of hydrogen-bond donors (Lipinski definition) is 0. The van der Waals surface area contributed by atoms with E-state index in [4.69, 9.17) is 0 Å². The van der Waals surface area contributed by atoms with Gasteiger partial charge >= 0.3 is 0 Å². The van der Waals surface area contributed by atoms with E-state index in [1.165, 1.54) is 11.9 Å². The average molecular weight is 201 g/mol. The predicted molar refractivity (Wildman–Crippen MR) is 63.7 cm³/mol. The second-order valence-electron chi connectivity index (χ2n) is 2.57. The van der Waals surface area contributed by atoms with Gasteiger partial charge in [-0.2, -0.15) is 0 Å². The summed E-state index contributed by atoms with van der Waals surface area (Å²) in [6.07, 6.45) is 1.47. The lowest BCUT2D eigenvalue weighted by Gasteiger charge is -2.01. The fourth-order valence-electron chi connectivity index (χ4n) is 0.838. The largest absolute Gasteiger partial charge is 0.130 e. The molecule has 1 aromatic rings. The normalized spacial score (nSPS) is 7.92. The Labute approximate surface area is 87.9 Å². The van der Waals surface area contributed by atoms with Crippen molar-refractivity contribution in [1.29, 1.82) is 0 Å². The Kier molecular flexibility index (Phi) is 13.3. The van der Waals surface area contributed by atoms with Crippen LogP contribution in [0, 0.1) is 0 Å². The lowest BCUT2D eigenvalue weighted by atomic mass is 10.0. The van der Waals surface area contributed by atoms with E-state index < -0.39 is 0 Å². The topological polar surface area (TPSA) is 0 Å². The second kappa shape index (κ2) is 11.5. The Hall–Kier alpha value is -0.490. The van der Waals surface area contributed by atoms with E-state index in [9.17, 15) is 0 Å². The van der Waals surface area contributed by atoms with E-state index >= 15 is 0 Å². The van der Waals surface area contributed by atoms with Crippen LogP contribution in [0.25, 0.3) is 0 Å². The molecule has 76 valence electrons.